The van der Waals surface area contributed by atoms with E-state index in [9.17, 15) is 9.59 Å². The average molecular weight is 411 g/mol. The van der Waals surface area contributed by atoms with Gasteiger partial charge < -0.3 is 14.2 Å². The highest BCUT2D eigenvalue weighted by Crippen LogP contribution is 2.20. The molecule has 0 unspecified atom stereocenters. The molecule has 1 aromatic heterocycles. The molecule has 0 N–H and O–H groups in total. The van der Waals surface area contributed by atoms with Gasteiger partial charge in [0.2, 0.25) is 11.8 Å². The molecule has 0 fully saturated rings. The second-order valence-electron chi connectivity index (χ2n) is 8.86. The van der Waals surface area contributed by atoms with Gasteiger partial charge in [0, 0.05) is 19.5 Å². The molecule has 0 aliphatic rings. The molecule has 0 aliphatic heterocycles. The van der Waals surface area contributed by atoms with Crippen molar-refractivity contribution in [2.45, 2.75) is 47.1 Å². The molecular weight excluding hydrogens is 376 g/mol. The van der Waals surface area contributed by atoms with Gasteiger partial charge in [0.15, 0.2) is 0 Å². The first kappa shape index (κ1) is 23.5. The number of furan rings is 1. The Morgan fingerprint density at radius 3 is 2.30 bits per heavy atom. The van der Waals surface area contributed by atoms with Crippen molar-refractivity contribution in [3.63, 3.8) is 0 Å². The van der Waals surface area contributed by atoms with E-state index in [1.807, 2.05) is 58.0 Å². The third kappa shape index (κ3) is 7.90. The van der Waals surface area contributed by atoms with Crippen molar-refractivity contribution < 1.29 is 14.0 Å². The Hall–Kier alpha value is -2.82. The minimum absolute atomic E-state index is 0.0346. The van der Waals surface area contributed by atoms with Crippen molar-refractivity contribution in [2.24, 2.45) is 5.41 Å². The second kappa shape index (κ2) is 10.8. The van der Waals surface area contributed by atoms with Crippen LogP contribution in [-0.4, -0.2) is 41.2 Å². The van der Waals surface area contributed by atoms with Crippen LogP contribution >= 0.6 is 0 Å². The van der Waals surface area contributed by atoms with Gasteiger partial charge in [-0.1, -0.05) is 57.2 Å². The molecule has 0 atom stereocenters. The van der Waals surface area contributed by atoms with Gasteiger partial charge in [-0.2, -0.15) is 0 Å². The van der Waals surface area contributed by atoms with Gasteiger partial charge in [0.1, 0.15) is 18.1 Å². The number of nitrogens with zero attached hydrogens (tertiary/aromatic N) is 2. The summed E-state index contributed by atoms with van der Waals surface area (Å²) in [5, 5.41) is 0. The molecule has 0 saturated carbocycles. The molecule has 5 nitrogen and oxygen atoms in total. The maximum atomic E-state index is 13.2. The van der Waals surface area contributed by atoms with Crippen molar-refractivity contribution in [3.05, 3.63) is 72.2 Å². The fourth-order valence-electron chi connectivity index (χ4n) is 3.20. The van der Waals surface area contributed by atoms with E-state index in [0.29, 0.717) is 26.1 Å². The Labute approximate surface area is 180 Å². The summed E-state index contributed by atoms with van der Waals surface area (Å²) in [4.78, 5) is 29.3. The minimum atomic E-state index is -0.141. The Morgan fingerprint density at radius 1 is 1.03 bits per heavy atom. The number of carbonyl (C=O) groups excluding carboxylic acids is 2. The zero-order valence-corrected chi connectivity index (χ0v) is 18.7. The van der Waals surface area contributed by atoms with Crippen LogP contribution in [0.2, 0.25) is 0 Å². The van der Waals surface area contributed by atoms with E-state index in [-0.39, 0.29) is 23.8 Å². The van der Waals surface area contributed by atoms with Crippen LogP contribution in [0.1, 0.15) is 44.3 Å². The summed E-state index contributed by atoms with van der Waals surface area (Å²) in [6.07, 6.45) is 2.79. The van der Waals surface area contributed by atoms with Crippen LogP contribution in [0.5, 0.6) is 0 Å². The maximum Gasteiger partial charge on any atom is 0.242 e. The van der Waals surface area contributed by atoms with Gasteiger partial charge >= 0.3 is 0 Å². The van der Waals surface area contributed by atoms with Crippen molar-refractivity contribution in [3.8, 4) is 0 Å². The van der Waals surface area contributed by atoms with Gasteiger partial charge in [-0.05, 0) is 36.5 Å². The molecule has 2 rings (SSSR count). The van der Waals surface area contributed by atoms with Crippen LogP contribution < -0.4 is 0 Å². The molecule has 30 heavy (non-hydrogen) atoms. The second-order valence-corrected chi connectivity index (χ2v) is 8.86. The number of amides is 2. The lowest BCUT2D eigenvalue weighted by atomic mass is 9.91. The van der Waals surface area contributed by atoms with Crippen molar-refractivity contribution in [1.82, 2.24) is 9.80 Å². The molecule has 0 saturated heterocycles. The lowest BCUT2D eigenvalue weighted by Gasteiger charge is -2.28. The fraction of sp³-hybridized carbons (Fsp3) is 0.440. The predicted molar refractivity (Wildman–Crippen MR) is 120 cm³/mol. The fourth-order valence-corrected chi connectivity index (χ4v) is 3.20. The summed E-state index contributed by atoms with van der Waals surface area (Å²) in [6.45, 7) is 13.0. The van der Waals surface area contributed by atoms with E-state index in [1.54, 1.807) is 15.9 Å². The third-order valence-corrected chi connectivity index (χ3v) is 4.72. The topological polar surface area (TPSA) is 53.8 Å². The SMILES string of the molecule is C=CCN(CC(=O)N(CCc1ccccc1)Cc1ccc(C)o1)C(=O)CC(C)(C)C. The molecule has 0 bridgehead atoms. The van der Waals surface area contributed by atoms with E-state index in [0.717, 1.165) is 23.5 Å². The van der Waals surface area contributed by atoms with E-state index < -0.39 is 0 Å². The Bertz CT molecular complexity index is 834. The summed E-state index contributed by atoms with van der Waals surface area (Å²) in [5.41, 5.74) is 1.02. The van der Waals surface area contributed by atoms with Gasteiger partial charge in [0.05, 0.1) is 6.54 Å². The quantitative estimate of drug-likeness (QED) is 0.538. The van der Waals surface area contributed by atoms with Crippen LogP contribution in [0.3, 0.4) is 0 Å². The van der Waals surface area contributed by atoms with E-state index in [4.69, 9.17) is 4.42 Å². The predicted octanol–water partition coefficient (Wildman–Crippen LogP) is 4.61. The molecule has 0 radical (unpaired) electrons. The summed E-state index contributed by atoms with van der Waals surface area (Å²) >= 11 is 0. The highest BCUT2D eigenvalue weighted by molar-refractivity contribution is 5.85. The van der Waals surface area contributed by atoms with Crippen molar-refractivity contribution >= 4 is 11.8 Å². The Balaban J connectivity index is 2.12. The molecule has 2 aromatic rings. The molecule has 0 spiro atoms. The summed E-state index contributed by atoms with van der Waals surface area (Å²) in [6, 6.07) is 13.9. The molecule has 1 heterocycles. The normalized spacial score (nSPS) is 11.2. The van der Waals surface area contributed by atoms with Crippen LogP contribution in [0, 0.1) is 12.3 Å². The summed E-state index contributed by atoms with van der Waals surface area (Å²) < 4.78 is 5.69. The number of aryl methyl sites for hydroxylation is 1. The van der Waals surface area contributed by atoms with Crippen molar-refractivity contribution in [2.75, 3.05) is 19.6 Å². The highest BCUT2D eigenvalue weighted by atomic mass is 16.3. The molecule has 162 valence electrons. The monoisotopic (exact) mass is 410 g/mol. The average Bonchev–Trinajstić information content (AvgIpc) is 3.09. The smallest absolute Gasteiger partial charge is 0.242 e. The molecule has 5 heteroatoms. The van der Waals surface area contributed by atoms with Gasteiger partial charge in [-0.3, -0.25) is 9.59 Å². The van der Waals surface area contributed by atoms with E-state index >= 15 is 0 Å². The van der Waals surface area contributed by atoms with Crippen molar-refractivity contribution in [1.29, 1.82) is 0 Å². The largest absolute Gasteiger partial charge is 0.464 e. The van der Waals surface area contributed by atoms with Gasteiger partial charge in [0.25, 0.3) is 0 Å². The lowest BCUT2D eigenvalue weighted by molar-refractivity contribution is -0.141. The first-order valence-corrected chi connectivity index (χ1v) is 10.4. The number of hydrogen-bond acceptors (Lipinski definition) is 3. The first-order chi connectivity index (χ1) is 14.2. The van der Waals surface area contributed by atoms with E-state index in [2.05, 4.69) is 18.7 Å². The van der Waals surface area contributed by atoms with E-state index in [1.165, 1.54) is 0 Å². The third-order valence-electron chi connectivity index (χ3n) is 4.72. The zero-order chi connectivity index (χ0) is 22.1. The number of benzene rings is 1. The van der Waals surface area contributed by atoms with Crippen LogP contribution in [0.15, 0.2) is 59.5 Å². The maximum absolute atomic E-state index is 13.2. The molecular formula is C25H34N2O3. The molecule has 2 amide bonds. The summed E-state index contributed by atoms with van der Waals surface area (Å²) in [5.74, 6) is 1.43. The highest BCUT2D eigenvalue weighted by Gasteiger charge is 2.24. The molecule has 1 aromatic carbocycles. The Kier molecular flexibility index (Phi) is 8.46. The number of carbonyl (C=O) groups is 2. The zero-order valence-electron chi connectivity index (χ0n) is 18.7. The van der Waals surface area contributed by atoms with Crippen LogP contribution in [0.25, 0.3) is 0 Å². The first-order valence-electron chi connectivity index (χ1n) is 10.4. The minimum Gasteiger partial charge on any atom is -0.464 e. The summed E-state index contributed by atoms with van der Waals surface area (Å²) in [7, 11) is 0. The van der Waals surface area contributed by atoms with Gasteiger partial charge in [-0.15, -0.1) is 6.58 Å². The Morgan fingerprint density at radius 2 is 1.73 bits per heavy atom. The lowest BCUT2D eigenvalue weighted by Crippen LogP contribution is -2.44. The van der Waals surface area contributed by atoms with Crippen LogP contribution in [-0.2, 0) is 22.6 Å². The number of hydrogen-bond donors (Lipinski definition) is 0. The molecule has 0 aliphatic carbocycles. The van der Waals surface area contributed by atoms with Gasteiger partial charge in [-0.25, -0.2) is 0 Å². The number of rotatable bonds is 10. The standard InChI is InChI=1S/C25H34N2O3/c1-6-15-26(23(28)17-25(3,4)5)19-24(29)27(18-22-13-12-20(2)30-22)16-14-21-10-8-7-9-11-21/h6-13H,1,14-19H2,2-5H3. The van der Waals surface area contributed by atoms with Crippen LogP contribution in [0.4, 0.5) is 0 Å².